The molecule has 0 aliphatic carbocycles. The second-order valence-electron chi connectivity index (χ2n) is 5.54. The molecule has 8 nitrogen and oxygen atoms in total. The third kappa shape index (κ3) is 5.14. The number of carboxylic acids is 1. The van der Waals surface area contributed by atoms with Gasteiger partial charge in [0, 0.05) is 10.6 Å². The highest BCUT2D eigenvalue weighted by Crippen LogP contribution is 2.32. The number of carbonyl (C=O) groups is 2. The maximum atomic E-state index is 11.9. The van der Waals surface area contributed by atoms with E-state index in [1.54, 1.807) is 25.1 Å². The molecule has 0 saturated heterocycles. The lowest BCUT2D eigenvalue weighted by atomic mass is 10.1. The number of hydrogen-bond donors (Lipinski definition) is 1. The summed E-state index contributed by atoms with van der Waals surface area (Å²) in [6.07, 6.45) is 1.17. The number of hydrazone groups is 1. The summed E-state index contributed by atoms with van der Waals surface area (Å²) < 4.78 is 15.5. The third-order valence-corrected chi connectivity index (χ3v) is 3.91. The maximum absolute atomic E-state index is 11.9. The number of ether oxygens (including phenoxy) is 3. The molecule has 0 saturated carbocycles. The summed E-state index contributed by atoms with van der Waals surface area (Å²) in [5.41, 5.74) is 2.97. The van der Waals surface area contributed by atoms with Crippen molar-refractivity contribution in [3.05, 3.63) is 52.0 Å². The zero-order valence-electron chi connectivity index (χ0n) is 15.4. The Morgan fingerprint density at radius 2 is 1.89 bits per heavy atom. The topological polar surface area (TPSA) is 109 Å². The molecule has 0 heterocycles. The van der Waals surface area contributed by atoms with Gasteiger partial charge in [-0.05, 0) is 42.8 Å². The van der Waals surface area contributed by atoms with Crippen LogP contribution in [0.3, 0.4) is 0 Å². The van der Waals surface area contributed by atoms with Crippen LogP contribution in [-0.4, -0.2) is 38.9 Å². The highest BCUT2D eigenvalue weighted by molar-refractivity contribution is 6.30. The number of rotatable bonds is 8. The van der Waals surface area contributed by atoms with E-state index in [9.17, 15) is 14.7 Å². The molecule has 0 spiro atoms. The Hall–Kier alpha value is -3.26. The van der Waals surface area contributed by atoms with Crippen molar-refractivity contribution >= 4 is 29.7 Å². The van der Waals surface area contributed by atoms with Gasteiger partial charge in [0.2, 0.25) is 0 Å². The Balaban J connectivity index is 2.05. The highest BCUT2D eigenvalue weighted by Gasteiger charge is 2.15. The molecule has 9 heteroatoms. The average Bonchev–Trinajstić information content (AvgIpc) is 2.66. The summed E-state index contributed by atoms with van der Waals surface area (Å²) in [6.45, 7) is 1.52. The normalized spacial score (nSPS) is 10.6. The molecule has 0 aromatic heterocycles. The number of carbonyl (C=O) groups excluding carboxylic acids is 2. The average molecular weight is 406 g/mol. The van der Waals surface area contributed by atoms with Crippen molar-refractivity contribution in [2.75, 3.05) is 20.8 Å². The number of hydrogen-bond acceptors (Lipinski definition) is 7. The van der Waals surface area contributed by atoms with E-state index in [0.29, 0.717) is 10.8 Å². The number of aryl methyl sites for hydroxylation is 1. The molecule has 148 valence electrons. The molecule has 28 heavy (non-hydrogen) atoms. The summed E-state index contributed by atoms with van der Waals surface area (Å²) in [6, 6.07) is 7.99. The molecule has 0 aliphatic rings. The van der Waals surface area contributed by atoms with Crippen molar-refractivity contribution in [2.45, 2.75) is 6.92 Å². The first-order chi connectivity index (χ1) is 13.4. The van der Waals surface area contributed by atoms with Crippen LogP contribution in [0.15, 0.2) is 35.4 Å². The highest BCUT2D eigenvalue weighted by atomic mass is 35.5. The fraction of sp³-hybridized carbons (Fsp3) is 0.211. The monoisotopic (exact) mass is 405 g/mol. The molecule has 0 bridgehead atoms. The number of methoxy groups -OCH3 is 2. The summed E-state index contributed by atoms with van der Waals surface area (Å²) in [5, 5.41) is 15.8. The van der Waals surface area contributed by atoms with Crippen LogP contribution < -0.4 is 24.7 Å². The van der Waals surface area contributed by atoms with Gasteiger partial charge in [0.05, 0.1) is 32.0 Å². The molecule has 0 unspecified atom stereocenters. The molecule has 0 aliphatic heterocycles. The Kier molecular flexibility index (Phi) is 7.22. The fourth-order valence-electron chi connectivity index (χ4n) is 2.38. The van der Waals surface area contributed by atoms with Gasteiger partial charge < -0.3 is 24.1 Å². The number of nitrogens with one attached hydrogen (secondary N) is 1. The van der Waals surface area contributed by atoms with Crippen LogP contribution in [0.5, 0.6) is 17.2 Å². The summed E-state index contributed by atoms with van der Waals surface area (Å²) in [4.78, 5) is 23.3. The lowest BCUT2D eigenvalue weighted by Crippen LogP contribution is -2.26. The summed E-state index contributed by atoms with van der Waals surface area (Å²) in [7, 11) is 2.69. The molecule has 2 aromatic rings. The van der Waals surface area contributed by atoms with Crippen molar-refractivity contribution < 1.29 is 28.9 Å². The SMILES string of the molecule is COc1ccc(/C=N\NC(=O)COc2ccc(Cl)cc2C)c(C(=O)[O-])c1OC. The minimum Gasteiger partial charge on any atom is -0.545 e. The van der Waals surface area contributed by atoms with Crippen LogP contribution in [0.25, 0.3) is 0 Å². The first kappa shape index (κ1) is 21.0. The van der Waals surface area contributed by atoms with Gasteiger partial charge in [-0.25, -0.2) is 5.43 Å². The first-order valence-electron chi connectivity index (χ1n) is 8.04. The van der Waals surface area contributed by atoms with Crippen molar-refractivity contribution in [1.29, 1.82) is 0 Å². The van der Waals surface area contributed by atoms with Crippen LogP contribution in [0.1, 0.15) is 21.5 Å². The van der Waals surface area contributed by atoms with Gasteiger partial charge in [0.15, 0.2) is 18.1 Å². The number of amides is 1. The second-order valence-corrected chi connectivity index (χ2v) is 5.98. The van der Waals surface area contributed by atoms with Gasteiger partial charge in [-0.3, -0.25) is 4.79 Å². The van der Waals surface area contributed by atoms with Crippen LogP contribution in [0, 0.1) is 6.92 Å². The van der Waals surface area contributed by atoms with E-state index >= 15 is 0 Å². The predicted octanol–water partition coefficient (Wildman–Crippen LogP) is 1.56. The van der Waals surface area contributed by atoms with Crippen molar-refractivity contribution in [3.8, 4) is 17.2 Å². The number of nitrogens with zero attached hydrogens (tertiary/aromatic N) is 1. The number of benzene rings is 2. The Morgan fingerprint density at radius 1 is 1.18 bits per heavy atom. The third-order valence-electron chi connectivity index (χ3n) is 3.67. The number of carboxylic acid groups (broad SMARTS) is 1. The minimum atomic E-state index is -1.47. The Labute approximate surface area is 166 Å². The van der Waals surface area contributed by atoms with Crippen LogP contribution in [-0.2, 0) is 4.79 Å². The van der Waals surface area contributed by atoms with Gasteiger partial charge in [0.1, 0.15) is 5.75 Å². The molecule has 0 fully saturated rings. The molecule has 1 N–H and O–H groups in total. The lowest BCUT2D eigenvalue weighted by molar-refractivity contribution is -0.255. The standard InChI is InChI=1S/C19H19ClN2O6/c1-11-8-13(20)5-7-14(11)28-10-16(23)22-21-9-12-4-6-15(26-2)18(27-3)17(12)19(24)25/h4-9H,10H2,1-3H3,(H,22,23)(H,24,25)/p-1/b21-9-. The smallest absolute Gasteiger partial charge is 0.277 e. The van der Waals surface area contributed by atoms with E-state index in [1.165, 1.54) is 32.6 Å². The second kappa shape index (κ2) is 9.61. The zero-order chi connectivity index (χ0) is 20.7. The Bertz CT molecular complexity index is 914. The van der Waals surface area contributed by atoms with Crippen molar-refractivity contribution in [3.63, 3.8) is 0 Å². The molecule has 1 amide bonds. The molecule has 2 rings (SSSR count). The number of halogens is 1. The van der Waals surface area contributed by atoms with Gasteiger partial charge >= 0.3 is 0 Å². The predicted molar refractivity (Wildman–Crippen MR) is 101 cm³/mol. The lowest BCUT2D eigenvalue weighted by Gasteiger charge is -2.15. The van der Waals surface area contributed by atoms with E-state index in [2.05, 4.69) is 10.5 Å². The molecular formula is C19H18ClN2O6-. The van der Waals surface area contributed by atoms with E-state index in [-0.39, 0.29) is 29.2 Å². The number of aromatic carboxylic acids is 1. The van der Waals surface area contributed by atoms with E-state index in [0.717, 1.165) is 5.56 Å². The minimum absolute atomic E-state index is 0.000626. The Morgan fingerprint density at radius 3 is 2.50 bits per heavy atom. The largest absolute Gasteiger partial charge is 0.545 e. The summed E-state index contributed by atoms with van der Waals surface area (Å²) >= 11 is 5.87. The summed E-state index contributed by atoms with van der Waals surface area (Å²) in [5.74, 6) is -1.25. The van der Waals surface area contributed by atoms with Gasteiger partial charge in [-0.1, -0.05) is 11.6 Å². The first-order valence-corrected chi connectivity index (χ1v) is 8.42. The van der Waals surface area contributed by atoms with Crippen LogP contribution in [0.2, 0.25) is 5.02 Å². The molecular weight excluding hydrogens is 388 g/mol. The van der Waals surface area contributed by atoms with Crippen LogP contribution in [0.4, 0.5) is 0 Å². The van der Waals surface area contributed by atoms with Crippen molar-refractivity contribution in [1.82, 2.24) is 5.43 Å². The van der Waals surface area contributed by atoms with E-state index in [1.807, 2.05) is 0 Å². The maximum Gasteiger partial charge on any atom is 0.277 e. The molecule has 0 radical (unpaired) electrons. The van der Waals surface area contributed by atoms with Gasteiger partial charge in [-0.15, -0.1) is 0 Å². The zero-order valence-corrected chi connectivity index (χ0v) is 16.2. The van der Waals surface area contributed by atoms with Gasteiger partial charge in [-0.2, -0.15) is 5.10 Å². The van der Waals surface area contributed by atoms with Crippen LogP contribution >= 0.6 is 11.6 Å². The van der Waals surface area contributed by atoms with E-state index < -0.39 is 11.9 Å². The van der Waals surface area contributed by atoms with Gasteiger partial charge in [0.25, 0.3) is 5.91 Å². The van der Waals surface area contributed by atoms with E-state index in [4.69, 9.17) is 25.8 Å². The van der Waals surface area contributed by atoms with Crippen molar-refractivity contribution in [2.24, 2.45) is 5.10 Å². The molecule has 2 aromatic carbocycles. The quantitative estimate of drug-likeness (QED) is 0.527. The molecule has 0 atom stereocenters. The fourth-order valence-corrected chi connectivity index (χ4v) is 2.61.